The zero-order valence-corrected chi connectivity index (χ0v) is 13.5. The number of aryl methyl sites for hydroxylation is 1. The van der Waals surface area contributed by atoms with Crippen molar-refractivity contribution in [3.63, 3.8) is 0 Å². The second-order valence-electron chi connectivity index (χ2n) is 4.04. The number of benzene rings is 1. The van der Waals surface area contributed by atoms with E-state index in [2.05, 4.69) is 34.2 Å². The number of hydrogen-bond acceptors (Lipinski definition) is 4. The van der Waals surface area contributed by atoms with Crippen molar-refractivity contribution in [3.05, 3.63) is 38.5 Å². The summed E-state index contributed by atoms with van der Waals surface area (Å²) in [6.07, 6.45) is 0. The first kappa shape index (κ1) is 14.2. The number of ether oxygens (including phenoxy) is 2. The molecule has 0 radical (unpaired) electrons. The summed E-state index contributed by atoms with van der Waals surface area (Å²) in [4.78, 5) is 2.57. The van der Waals surface area contributed by atoms with Crippen LogP contribution in [0.3, 0.4) is 0 Å². The SMILES string of the molecule is COc1ccc(NCc2cc(Br)c(C)s2)c(OC)c1. The van der Waals surface area contributed by atoms with Crippen LogP contribution in [0.25, 0.3) is 0 Å². The molecule has 0 aliphatic heterocycles. The molecule has 5 heteroatoms. The van der Waals surface area contributed by atoms with E-state index in [0.29, 0.717) is 0 Å². The zero-order valence-electron chi connectivity index (χ0n) is 11.1. The highest BCUT2D eigenvalue weighted by Gasteiger charge is 2.06. The van der Waals surface area contributed by atoms with Crippen LogP contribution in [0.4, 0.5) is 5.69 Å². The van der Waals surface area contributed by atoms with Crippen molar-refractivity contribution >= 4 is 33.0 Å². The molecule has 0 fully saturated rings. The van der Waals surface area contributed by atoms with Crippen molar-refractivity contribution in [2.24, 2.45) is 0 Å². The molecule has 0 bridgehead atoms. The summed E-state index contributed by atoms with van der Waals surface area (Å²) >= 11 is 5.31. The Morgan fingerprint density at radius 3 is 2.58 bits per heavy atom. The first-order valence-corrected chi connectivity index (χ1v) is 7.45. The van der Waals surface area contributed by atoms with Crippen LogP contribution in [-0.4, -0.2) is 14.2 Å². The molecular weight excluding hydrogens is 326 g/mol. The molecule has 0 spiro atoms. The van der Waals surface area contributed by atoms with Gasteiger partial charge in [-0.2, -0.15) is 0 Å². The Morgan fingerprint density at radius 2 is 2.00 bits per heavy atom. The van der Waals surface area contributed by atoms with Gasteiger partial charge in [0.15, 0.2) is 0 Å². The molecule has 102 valence electrons. The summed E-state index contributed by atoms with van der Waals surface area (Å²) in [5.74, 6) is 1.57. The summed E-state index contributed by atoms with van der Waals surface area (Å²) < 4.78 is 11.7. The molecule has 1 N–H and O–H groups in total. The summed E-state index contributed by atoms with van der Waals surface area (Å²) in [6.45, 7) is 2.88. The quantitative estimate of drug-likeness (QED) is 0.871. The molecule has 1 aromatic carbocycles. The van der Waals surface area contributed by atoms with Crippen LogP contribution in [0, 0.1) is 6.92 Å². The van der Waals surface area contributed by atoms with Crippen LogP contribution in [0.1, 0.15) is 9.75 Å². The number of methoxy groups -OCH3 is 2. The maximum Gasteiger partial charge on any atom is 0.145 e. The van der Waals surface area contributed by atoms with Crippen LogP contribution in [0.15, 0.2) is 28.7 Å². The first-order valence-electron chi connectivity index (χ1n) is 5.84. The highest BCUT2D eigenvalue weighted by molar-refractivity contribution is 9.10. The molecule has 0 aliphatic carbocycles. The number of halogens is 1. The second-order valence-corrected chi connectivity index (χ2v) is 6.23. The van der Waals surface area contributed by atoms with E-state index in [1.54, 1.807) is 25.6 Å². The van der Waals surface area contributed by atoms with Crippen molar-refractivity contribution < 1.29 is 9.47 Å². The van der Waals surface area contributed by atoms with E-state index < -0.39 is 0 Å². The maximum absolute atomic E-state index is 5.36. The highest BCUT2D eigenvalue weighted by Crippen LogP contribution is 2.31. The molecule has 19 heavy (non-hydrogen) atoms. The monoisotopic (exact) mass is 341 g/mol. The summed E-state index contributed by atoms with van der Waals surface area (Å²) in [5.41, 5.74) is 0.963. The van der Waals surface area contributed by atoms with Crippen LogP contribution in [-0.2, 0) is 6.54 Å². The fourth-order valence-electron chi connectivity index (χ4n) is 1.73. The van der Waals surface area contributed by atoms with Gasteiger partial charge in [0.1, 0.15) is 11.5 Å². The van der Waals surface area contributed by atoms with E-state index in [9.17, 15) is 0 Å². The molecular formula is C14H16BrNO2S. The third kappa shape index (κ3) is 3.42. The van der Waals surface area contributed by atoms with Gasteiger partial charge in [-0.25, -0.2) is 0 Å². The smallest absolute Gasteiger partial charge is 0.145 e. The third-order valence-corrected chi connectivity index (χ3v) is 4.91. The second kappa shape index (κ2) is 6.30. The third-order valence-electron chi connectivity index (χ3n) is 2.77. The Balaban J connectivity index is 2.10. The molecule has 2 aromatic rings. The standard InChI is InChI=1S/C14H16BrNO2S/c1-9-12(15)7-11(19-9)8-16-13-5-4-10(17-2)6-14(13)18-3/h4-7,16H,8H2,1-3H3. The molecule has 1 aromatic heterocycles. The molecule has 0 atom stereocenters. The van der Waals surface area contributed by atoms with Gasteiger partial charge in [0, 0.05) is 26.8 Å². The Bertz CT molecular complexity index is 549. The molecule has 0 aliphatic rings. The Hall–Kier alpha value is -1.20. The normalized spacial score (nSPS) is 10.3. The molecule has 0 saturated carbocycles. The van der Waals surface area contributed by atoms with Crippen molar-refractivity contribution in [1.29, 1.82) is 0 Å². The van der Waals surface area contributed by atoms with Gasteiger partial charge >= 0.3 is 0 Å². The minimum absolute atomic E-state index is 0.778. The largest absolute Gasteiger partial charge is 0.497 e. The minimum atomic E-state index is 0.778. The van der Waals surface area contributed by atoms with Crippen LogP contribution in [0.2, 0.25) is 0 Å². The van der Waals surface area contributed by atoms with Gasteiger partial charge in [0.05, 0.1) is 19.9 Å². The van der Waals surface area contributed by atoms with Gasteiger partial charge in [0.2, 0.25) is 0 Å². The maximum atomic E-state index is 5.36. The van der Waals surface area contributed by atoms with Crippen molar-refractivity contribution in [2.45, 2.75) is 13.5 Å². The minimum Gasteiger partial charge on any atom is -0.497 e. The lowest BCUT2D eigenvalue weighted by molar-refractivity contribution is 0.395. The molecule has 0 unspecified atom stereocenters. The molecule has 0 saturated heterocycles. The lowest BCUT2D eigenvalue weighted by Gasteiger charge is -2.11. The molecule has 2 rings (SSSR count). The number of rotatable bonds is 5. The Kier molecular flexibility index (Phi) is 4.71. The van der Waals surface area contributed by atoms with Crippen molar-refractivity contribution in [1.82, 2.24) is 0 Å². The van der Waals surface area contributed by atoms with E-state index in [1.165, 1.54) is 9.75 Å². The van der Waals surface area contributed by atoms with Gasteiger partial charge in [-0.1, -0.05) is 0 Å². The van der Waals surface area contributed by atoms with Crippen molar-refractivity contribution in [2.75, 3.05) is 19.5 Å². The van der Waals surface area contributed by atoms with Crippen LogP contribution < -0.4 is 14.8 Å². The first-order chi connectivity index (χ1) is 9.13. The van der Waals surface area contributed by atoms with Crippen LogP contribution in [0.5, 0.6) is 11.5 Å². The van der Waals surface area contributed by atoms with Gasteiger partial charge in [-0.05, 0) is 41.1 Å². The fraction of sp³-hybridized carbons (Fsp3) is 0.286. The van der Waals surface area contributed by atoms with Gasteiger partial charge < -0.3 is 14.8 Å². The molecule has 1 heterocycles. The van der Waals surface area contributed by atoms with E-state index >= 15 is 0 Å². The van der Waals surface area contributed by atoms with Gasteiger partial charge in [-0.3, -0.25) is 0 Å². The van der Waals surface area contributed by atoms with Gasteiger partial charge in [-0.15, -0.1) is 11.3 Å². The predicted molar refractivity (Wildman–Crippen MR) is 83.6 cm³/mol. The lowest BCUT2D eigenvalue weighted by atomic mass is 10.2. The average Bonchev–Trinajstić information content (AvgIpc) is 2.75. The number of thiophene rings is 1. The highest BCUT2D eigenvalue weighted by atomic mass is 79.9. The summed E-state index contributed by atoms with van der Waals surface area (Å²) in [5, 5.41) is 3.38. The zero-order chi connectivity index (χ0) is 13.8. The number of anilines is 1. The van der Waals surface area contributed by atoms with Crippen LogP contribution >= 0.6 is 27.3 Å². The van der Waals surface area contributed by atoms with E-state index in [1.807, 2.05) is 18.2 Å². The van der Waals surface area contributed by atoms with E-state index in [4.69, 9.17) is 9.47 Å². The summed E-state index contributed by atoms with van der Waals surface area (Å²) in [7, 11) is 3.31. The van der Waals surface area contributed by atoms with Crippen molar-refractivity contribution in [3.8, 4) is 11.5 Å². The lowest BCUT2D eigenvalue weighted by Crippen LogP contribution is -2.00. The van der Waals surface area contributed by atoms with Gasteiger partial charge in [0.25, 0.3) is 0 Å². The summed E-state index contributed by atoms with van der Waals surface area (Å²) in [6, 6.07) is 7.90. The number of nitrogens with one attached hydrogen (secondary N) is 1. The number of hydrogen-bond donors (Lipinski definition) is 1. The van der Waals surface area contributed by atoms with E-state index in [-0.39, 0.29) is 0 Å². The molecule has 3 nitrogen and oxygen atoms in total. The Morgan fingerprint density at radius 1 is 1.21 bits per heavy atom. The Labute approximate surface area is 125 Å². The fourth-order valence-corrected chi connectivity index (χ4v) is 3.27. The molecule has 0 amide bonds. The topological polar surface area (TPSA) is 30.5 Å². The van der Waals surface area contributed by atoms with E-state index in [0.717, 1.165) is 28.2 Å². The average molecular weight is 342 g/mol. The predicted octanol–water partition coefficient (Wildman–Crippen LogP) is 4.45.